The summed E-state index contributed by atoms with van der Waals surface area (Å²) < 4.78 is 0. The molecule has 0 aliphatic heterocycles. The summed E-state index contributed by atoms with van der Waals surface area (Å²) in [6.07, 6.45) is 3.78. The van der Waals surface area contributed by atoms with Crippen molar-refractivity contribution in [3.8, 4) is 0 Å². The minimum absolute atomic E-state index is 0.474. The first-order chi connectivity index (χ1) is 9.95. The van der Waals surface area contributed by atoms with E-state index in [2.05, 4.69) is 63.0 Å². The van der Waals surface area contributed by atoms with Gasteiger partial charge in [-0.15, -0.1) is 0 Å². The van der Waals surface area contributed by atoms with Gasteiger partial charge in [0.2, 0.25) is 0 Å². The maximum absolute atomic E-state index is 6.46. The van der Waals surface area contributed by atoms with Gasteiger partial charge in [-0.2, -0.15) is 0 Å². The molecule has 1 aromatic carbocycles. The van der Waals surface area contributed by atoms with Crippen molar-refractivity contribution in [3.05, 3.63) is 28.8 Å². The average molecular weight is 311 g/mol. The van der Waals surface area contributed by atoms with Gasteiger partial charge < -0.3 is 10.2 Å². The van der Waals surface area contributed by atoms with Crippen LogP contribution in [0.5, 0.6) is 0 Å². The van der Waals surface area contributed by atoms with E-state index in [1.165, 1.54) is 30.5 Å². The van der Waals surface area contributed by atoms with E-state index >= 15 is 0 Å². The van der Waals surface area contributed by atoms with Gasteiger partial charge >= 0.3 is 0 Å². The van der Waals surface area contributed by atoms with Crippen molar-refractivity contribution in [1.82, 2.24) is 5.32 Å². The Kier molecular flexibility index (Phi) is 8.13. The molecule has 0 saturated carbocycles. The summed E-state index contributed by atoms with van der Waals surface area (Å²) in [5, 5.41) is 4.28. The summed E-state index contributed by atoms with van der Waals surface area (Å²) in [4.78, 5) is 2.45. The Bertz CT molecular complexity index is 416. The van der Waals surface area contributed by atoms with Crippen LogP contribution in [0.2, 0.25) is 5.02 Å². The maximum Gasteiger partial charge on any atom is 0.0471 e. The van der Waals surface area contributed by atoms with E-state index in [1.54, 1.807) is 0 Å². The Morgan fingerprint density at radius 1 is 1.14 bits per heavy atom. The van der Waals surface area contributed by atoms with Gasteiger partial charge in [-0.25, -0.2) is 0 Å². The van der Waals surface area contributed by atoms with E-state index in [-0.39, 0.29) is 0 Å². The highest BCUT2D eigenvalue weighted by Crippen LogP contribution is 2.25. The largest absolute Gasteiger partial charge is 0.369 e. The van der Waals surface area contributed by atoms with Crippen LogP contribution in [0.15, 0.2) is 18.2 Å². The molecule has 0 aromatic heterocycles. The molecule has 3 heteroatoms. The molecule has 0 fully saturated rings. The van der Waals surface area contributed by atoms with Crippen LogP contribution < -0.4 is 10.2 Å². The maximum atomic E-state index is 6.46. The monoisotopic (exact) mass is 310 g/mol. The predicted octanol–water partition coefficient (Wildman–Crippen LogP) is 5.24. The van der Waals surface area contributed by atoms with Gasteiger partial charge in [0.15, 0.2) is 0 Å². The minimum atomic E-state index is 0.474. The molecule has 1 rings (SSSR count). The first-order valence-electron chi connectivity index (χ1n) is 8.24. The van der Waals surface area contributed by atoms with E-state index in [1.807, 2.05) is 0 Å². The fraction of sp³-hybridized carbons (Fsp3) is 0.667. The molecule has 0 unspecified atom stereocenters. The van der Waals surface area contributed by atoms with Gasteiger partial charge in [-0.3, -0.25) is 0 Å². The van der Waals surface area contributed by atoms with Crippen molar-refractivity contribution in [3.63, 3.8) is 0 Å². The lowest BCUT2D eigenvalue weighted by molar-refractivity contribution is 0.588. The van der Waals surface area contributed by atoms with Crippen LogP contribution >= 0.6 is 11.6 Å². The standard InChI is InChI=1S/C18H31ClN2/c1-6-7-8-11-21(15(4)5)17-10-9-16(18(19)12-17)13-20-14(2)3/h9-10,12,14-15,20H,6-8,11,13H2,1-5H3. The topological polar surface area (TPSA) is 15.3 Å². The molecule has 0 radical (unpaired) electrons. The van der Waals surface area contributed by atoms with E-state index in [0.29, 0.717) is 12.1 Å². The Balaban J connectivity index is 2.78. The highest BCUT2D eigenvalue weighted by Gasteiger charge is 2.12. The fourth-order valence-corrected chi connectivity index (χ4v) is 2.63. The Labute approximate surface area is 135 Å². The van der Waals surface area contributed by atoms with Crippen molar-refractivity contribution in [1.29, 1.82) is 0 Å². The van der Waals surface area contributed by atoms with Gasteiger partial charge in [0.05, 0.1) is 0 Å². The average Bonchev–Trinajstić information content (AvgIpc) is 2.41. The number of hydrogen-bond donors (Lipinski definition) is 1. The highest BCUT2D eigenvalue weighted by molar-refractivity contribution is 6.31. The van der Waals surface area contributed by atoms with E-state index in [9.17, 15) is 0 Å². The number of nitrogens with one attached hydrogen (secondary N) is 1. The summed E-state index contributed by atoms with van der Waals surface area (Å²) in [6.45, 7) is 13.0. The molecule has 0 heterocycles. The van der Waals surface area contributed by atoms with Crippen molar-refractivity contribution in [2.75, 3.05) is 11.4 Å². The molecule has 120 valence electrons. The molecular formula is C18H31ClN2. The molecule has 21 heavy (non-hydrogen) atoms. The number of halogens is 1. The molecule has 1 aromatic rings. The third-order valence-electron chi connectivity index (χ3n) is 3.69. The quantitative estimate of drug-likeness (QED) is 0.627. The molecule has 0 aliphatic rings. The third-order valence-corrected chi connectivity index (χ3v) is 4.05. The van der Waals surface area contributed by atoms with Gasteiger partial charge in [0.25, 0.3) is 0 Å². The van der Waals surface area contributed by atoms with Gasteiger partial charge in [0.1, 0.15) is 0 Å². The summed E-state index contributed by atoms with van der Waals surface area (Å²) in [7, 11) is 0. The zero-order valence-electron chi connectivity index (χ0n) is 14.2. The van der Waals surface area contributed by atoms with Crippen LogP contribution in [0, 0.1) is 0 Å². The zero-order chi connectivity index (χ0) is 15.8. The first kappa shape index (κ1) is 18.3. The van der Waals surface area contributed by atoms with Gasteiger partial charge in [-0.05, 0) is 38.0 Å². The zero-order valence-corrected chi connectivity index (χ0v) is 15.0. The van der Waals surface area contributed by atoms with Crippen molar-refractivity contribution >= 4 is 17.3 Å². The number of nitrogens with zero attached hydrogens (tertiary/aromatic N) is 1. The van der Waals surface area contributed by atoms with Crippen molar-refractivity contribution in [2.24, 2.45) is 0 Å². The Morgan fingerprint density at radius 2 is 1.86 bits per heavy atom. The van der Waals surface area contributed by atoms with E-state index in [4.69, 9.17) is 11.6 Å². The molecule has 0 spiro atoms. The minimum Gasteiger partial charge on any atom is -0.369 e. The summed E-state index contributed by atoms with van der Waals surface area (Å²) in [5.41, 5.74) is 2.41. The van der Waals surface area contributed by atoms with E-state index < -0.39 is 0 Å². The smallest absolute Gasteiger partial charge is 0.0471 e. The van der Waals surface area contributed by atoms with Gasteiger partial charge in [0, 0.05) is 35.9 Å². The lowest BCUT2D eigenvalue weighted by atomic mass is 10.1. The van der Waals surface area contributed by atoms with Gasteiger partial charge in [-0.1, -0.05) is 51.3 Å². The number of hydrogen-bond acceptors (Lipinski definition) is 2. The fourth-order valence-electron chi connectivity index (χ4n) is 2.39. The third kappa shape index (κ3) is 6.27. The van der Waals surface area contributed by atoms with Crippen LogP contribution in [0.25, 0.3) is 0 Å². The Hall–Kier alpha value is -0.730. The second-order valence-electron chi connectivity index (χ2n) is 6.31. The number of benzene rings is 1. The number of anilines is 1. The summed E-state index contributed by atoms with van der Waals surface area (Å²) >= 11 is 6.46. The van der Waals surface area contributed by atoms with Crippen LogP contribution in [0.1, 0.15) is 59.4 Å². The normalized spacial score (nSPS) is 11.4. The molecule has 0 aliphatic carbocycles. The molecule has 0 bridgehead atoms. The molecule has 0 atom stereocenters. The van der Waals surface area contributed by atoms with Crippen LogP contribution in [-0.2, 0) is 6.54 Å². The molecule has 0 saturated heterocycles. The van der Waals surface area contributed by atoms with Crippen molar-refractivity contribution < 1.29 is 0 Å². The predicted molar refractivity (Wildman–Crippen MR) is 95.4 cm³/mol. The highest BCUT2D eigenvalue weighted by atomic mass is 35.5. The molecule has 0 amide bonds. The molecule has 1 N–H and O–H groups in total. The lowest BCUT2D eigenvalue weighted by Crippen LogP contribution is -2.31. The SMILES string of the molecule is CCCCCN(c1ccc(CNC(C)C)c(Cl)c1)C(C)C. The summed E-state index contributed by atoms with van der Waals surface area (Å²) in [5.74, 6) is 0. The number of rotatable bonds is 9. The van der Waals surface area contributed by atoms with Crippen molar-refractivity contribution in [2.45, 2.75) is 72.5 Å². The van der Waals surface area contributed by atoms with E-state index in [0.717, 1.165) is 18.1 Å². The number of unbranched alkanes of at least 4 members (excludes halogenated alkanes) is 2. The Morgan fingerprint density at radius 3 is 2.38 bits per heavy atom. The first-order valence-corrected chi connectivity index (χ1v) is 8.62. The molecule has 2 nitrogen and oxygen atoms in total. The van der Waals surface area contributed by atoms with Crippen LogP contribution in [0.4, 0.5) is 5.69 Å². The second-order valence-corrected chi connectivity index (χ2v) is 6.71. The lowest BCUT2D eigenvalue weighted by Gasteiger charge is -2.29. The molecular weight excluding hydrogens is 280 g/mol. The second kappa shape index (κ2) is 9.32. The van der Waals surface area contributed by atoms with Crippen LogP contribution in [0.3, 0.4) is 0 Å². The van der Waals surface area contributed by atoms with Crippen LogP contribution in [-0.4, -0.2) is 18.6 Å². The summed E-state index contributed by atoms with van der Waals surface area (Å²) in [6, 6.07) is 7.45.